The summed E-state index contributed by atoms with van der Waals surface area (Å²) in [5.74, 6) is 1.17. The van der Waals surface area contributed by atoms with Crippen molar-refractivity contribution in [3.63, 3.8) is 0 Å². The van der Waals surface area contributed by atoms with Crippen LogP contribution in [0, 0.1) is 11.8 Å². The molecular weight excluding hydrogens is 332 g/mol. The summed E-state index contributed by atoms with van der Waals surface area (Å²) in [7, 11) is 1.63. The molecule has 26 heavy (non-hydrogen) atoms. The smallest absolute Gasteiger partial charge is 0.119 e. The van der Waals surface area contributed by atoms with Gasteiger partial charge in [-0.15, -0.1) is 0 Å². The molecule has 3 N–H and O–H groups in total. The van der Waals surface area contributed by atoms with Crippen molar-refractivity contribution in [2.24, 2.45) is 11.8 Å². The highest BCUT2D eigenvalue weighted by molar-refractivity contribution is 5.83. The molecule has 6 atom stereocenters. The third kappa shape index (κ3) is 2.97. The van der Waals surface area contributed by atoms with Crippen molar-refractivity contribution in [3.8, 4) is 5.75 Å². The Morgan fingerprint density at radius 2 is 2.15 bits per heavy atom. The lowest BCUT2D eigenvalue weighted by atomic mass is 9.71. The van der Waals surface area contributed by atoms with E-state index in [-0.39, 0.29) is 18.6 Å². The van der Waals surface area contributed by atoms with Gasteiger partial charge in [0.05, 0.1) is 31.4 Å². The number of hydrogen-bond acceptors (Lipinski definition) is 6. The highest BCUT2D eigenvalue weighted by Crippen LogP contribution is 2.42. The van der Waals surface area contributed by atoms with Crippen LogP contribution in [0.25, 0.3) is 10.9 Å². The van der Waals surface area contributed by atoms with E-state index in [0.29, 0.717) is 5.92 Å². The van der Waals surface area contributed by atoms with Gasteiger partial charge in [-0.25, -0.2) is 0 Å². The Labute approximate surface area is 153 Å². The molecule has 0 saturated carbocycles. The molecule has 0 aliphatic carbocycles. The second kappa shape index (κ2) is 7.12. The Hall–Kier alpha value is -1.73. The fourth-order valence-corrected chi connectivity index (χ4v) is 4.75. The molecular formula is C20H26N2O4. The van der Waals surface area contributed by atoms with Crippen LogP contribution in [0.2, 0.25) is 0 Å². The van der Waals surface area contributed by atoms with Crippen LogP contribution in [0.4, 0.5) is 0 Å². The minimum Gasteiger partial charge on any atom is -0.497 e. The number of benzene rings is 1. The Morgan fingerprint density at radius 3 is 2.85 bits per heavy atom. The van der Waals surface area contributed by atoms with E-state index in [9.17, 15) is 15.3 Å². The van der Waals surface area contributed by atoms with Crippen LogP contribution < -0.4 is 4.74 Å². The van der Waals surface area contributed by atoms with Gasteiger partial charge in [0.25, 0.3) is 0 Å². The van der Waals surface area contributed by atoms with Crippen molar-refractivity contribution in [3.05, 3.63) is 36.0 Å². The summed E-state index contributed by atoms with van der Waals surface area (Å²) in [6.07, 6.45) is 2.28. The van der Waals surface area contributed by atoms with Gasteiger partial charge in [-0.1, -0.05) is 0 Å². The van der Waals surface area contributed by atoms with Gasteiger partial charge >= 0.3 is 0 Å². The van der Waals surface area contributed by atoms with E-state index in [4.69, 9.17) is 4.74 Å². The first-order chi connectivity index (χ1) is 12.6. The van der Waals surface area contributed by atoms with Crippen molar-refractivity contribution in [2.45, 2.75) is 31.1 Å². The normalized spacial score (nSPS) is 30.3. The van der Waals surface area contributed by atoms with Crippen molar-refractivity contribution < 1.29 is 20.1 Å². The average molecular weight is 358 g/mol. The van der Waals surface area contributed by atoms with Gasteiger partial charge < -0.3 is 20.1 Å². The number of aliphatic hydroxyl groups is 3. The lowest BCUT2D eigenvalue weighted by Gasteiger charge is -2.52. The van der Waals surface area contributed by atoms with E-state index in [2.05, 4.69) is 9.88 Å². The first-order valence-corrected chi connectivity index (χ1v) is 9.26. The van der Waals surface area contributed by atoms with E-state index >= 15 is 0 Å². The second-order valence-corrected chi connectivity index (χ2v) is 7.49. The molecule has 4 heterocycles. The van der Waals surface area contributed by atoms with Crippen LogP contribution in [0.5, 0.6) is 5.75 Å². The fraction of sp³-hybridized carbons (Fsp3) is 0.550. The van der Waals surface area contributed by atoms with Gasteiger partial charge in [0.1, 0.15) is 5.75 Å². The molecule has 3 fully saturated rings. The van der Waals surface area contributed by atoms with Crippen LogP contribution in [0.3, 0.4) is 0 Å². The molecule has 0 spiro atoms. The summed E-state index contributed by atoms with van der Waals surface area (Å²) in [6, 6.07) is 7.61. The molecule has 6 heteroatoms. The maximum atomic E-state index is 11.2. The van der Waals surface area contributed by atoms with E-state index in [1.165, 1.54) is 0 Å². The van der Waals surface area contributed by atoms with E-state index in [1.54, 1.807) is 13.3 Å². The maximum Gasteiger partial charge on any atom is 0.119 e. The number of piperidine rings is 3. The summed E-state index contributed by atoms with van der Waals surface area (Å²) in [5, 5.41) is 31.5. The first-order valence-electron chi connectivity index (χ1n) is 9.26. The molecule has 0 radical (unpaired) electrons. The van der Waals surface area contributed by atoms with Gasteiger partial charge in [-0.3, -0.25) is 9.88 Å². The Morgan fingerprint density at radius 1 is 1.31 bits per heavy atom. The second-order valence-electron chi connectivity index (χ2n) is 7.49. The zero-order valence-electron chi connectivity index (χ0n) is 15.0. The summed E-state index contributed by atoms with van der Waals surface area (Å²) < 4.78 is 5.33. The summed E-state index contributed by atoms with van der Waals surface area (Å²) in [4.78, 5) is 6.66. The number of nitrogens with zero attached hydrogens (tertiary/aromatic N) is 2. The number of pyridine rings is 1. The van der Waals surface area contributed by atoms with Crippen molar-refractivity contribution in [1.82, 2.24) is 9.88 Å². The minimum absolute atomic E-state index is 0.0210. The van der Waals surface area contributed by atoms with Gasteiger partial charge in [-0.2, -0.15) is 0 Å². The molecule has 6 nitrogen and oxygen atoms in total. The van der Waals surface area contributed by atoms with Crippen molar-refractivity contribution in [1.29, 1.82) is 0 Å². The van der Waals surface area contributed by atoms with E-state index in [1.807, 2.05) is 24.3 Å². The zero-order valence-corrected chi connectivity index (χ0v) is 15.0. The standard InChI is InChI=1S/C20H26N2O4/c1-26-13-2-3-17-15(9-13)14(4-6-21-17)20(25)18-8-12-5-7-22(18)10-16(12)19(24)11-23/h2-4,6,9,12,16,18-20,23-25H,5,7-8,10-11H2,1H3. The third-order valence-electron chi connectivity index (χ3n) is 6.20. The molecule has 0 amide bonds. The Bertz CT molecular complexity index is 783. The molecule has 2 bridgehead atoms. The van der Waals surface area contributed by atoms with Gasteiger partial charge in [0.15, 0.2) is 0 Å². The average Bonchev–Trinajstić information content (AvgIpc) is 2.71. The van der Waals surface area contributed by atoms with Crippen LogP contribution in [-0.4, -0.2) is 64.2 Å². The van der Waals surface area contributed by atoms with Crippen LogP contribution in [0.1, 0.15) is 24.5 Å². The van der Waals surface area contributed by atoms with Crippen molar-refractivity contribution in [2.75, 3.05) is 26.8 Å². The molecule has 3 aliphatic rings. The number of hydrogen-bond donors (Lipinski definition) is 3. The quantitative estimate of drug-likeness (QED) is 0.748. The number of methoxy groups -OCH3 is 1. The number of rotatable bonds is 5. The number of aromatic nitrogens is 1. The third-order valence-corrected chi connectivity index (χ3v) is 6.20. The maximum absolute atomic E-state index is 11.2. The Kier molecular flexibility index (Phi) is 4.84. The molecule has 6 unspecified atom stereocenters. The molecule has 3 aliphatic heterocycles. The SMILES string of the molecule is COc1ccc2nccc(C(O)C3CC4CCN3CC4C(O)CO)c2c1. The molecule has 5 rings (SSSR count). The van der Waals surface area contributed by atoms with E-state index in [0.717, 1.165) is 48.1 Å². The zero-order chi connectivity index (χ0) is 18.3. The lowest BCUT2D eigenvalue weighted by Crippen LogP contribution is -2.58. The predicted octanol–water partition coefficient (Wildman–Crippen LogP) is 1.34. The fourth-order valence-electron chi connectivity index (χ4n) is 4.75. The lowest BCUT2D eigenvalue weighted by molar-refractivity contribution is -0.0970. The molecule has 2 aromatic rings. The number of aliphatic hydroxyl groups excluding tert-OH is 3. The minimum atomic E-state index is -0.674. The summed E-state index contributed by atoms with van der Waals surface area (Å²) in [6.45, 7) is 1.45. The largest absolute Gasteiger partial charge is 0.497 e. The summed E-state index contributed by atoms with van der Waals surface area (Å²) in [5.41, 5.74) is 1.71. The highest BCUT2D eigenvalue weighted by Gasteiger charge is 2.45. The van der Waals surface area contributed by atoms with E-state index < -0.39 is 12.2 Å². The Balaban J connectivity index is 1.63. The van der Waals surface area contributed by atoms with Gasteiger partial charge in [0, 0.05) is 30.1 Å². The van der Waals surface area contributed by atoms with Crippen molar-refractivity contribution >= 4 is 10.9 Å². The molecule has 140 valence electrons. The van der Waals surface area contributed by atoms with Crippen LogP contribution in [-0.2, 0) is 0 Å². The van der Waals surface area contributed by atoms with Gasteiger partial charge in [-0.05, 0) is 55.1 Å². The van der Waals surface area contributed by atoms with Crippen LogP contribution >= 0.6 is 0 Å². The highest BCUT2D eigenvalue weighted by atomic mass is 16.5. The molecule has 1 aromatic carbocycles. The molecule has 3 saturated heterocycles. The summed E-state index contributed by atoms with van der Waals surface area (Å²) >= 11 is 0. The number of fused-ring (bicyclic) bond motifs is 4. The molecule has 1 aromatic heterocycles. The topological polar surface area (TPSA) is 86.1 Å². The first kappa shape index (κ1) is 17.7. The monoisotopic (exact) mass is 358 g/mol. The number of ether oxygens (including phenoxy) is 1. The van der Waals surface area contributed by atoms with Gasteiger partial charge in [0.2, 0.25) is 0 Å². The predicted molar refractivity (Wildman–Crippen MR) is 97.9 cm³/mol. The van der Waals surface area contributed by atoms with Crippen LogP contribution in [0.15, 0.2) is 30.5 Å².